The zero-order valence-corrected chi connectivity index (χ0v) is 18.3. The first-order valence-electron chi connectivity index (χ1n) is 11.0. The molecule has 1 saturated carbocycles. The summed E-state index contributed by atoms with van der Waals surface area (Å²) in [7, 11) is 0. The monoisotopic (exact) mass is 450 g/mol. The Balaban J connectivity index is 1.49. The molecule has 9 heteroatoms. The molecule has 1 aliphatic rings. The number of carbonyl (C=O) groups is 1. The molecule has 1 amide bonds. The van der Waals surface area contributed by atoms with Crippen molar-refractivity contribution in [2.45, 2.75) is 18.4 Å². The van der Waals surface area contributed by atoms with Crippen molar-refractivity contribution < 1.29 is 4.79 Å². The standard InChI is InChI=1S/C25H22N8O/c1-2-20(34)32(17-6-4-3-5-7-17)13-25(10-11-25)33-24-21(23(26)29-15-30-24)22(31-33)16-8-9-18-19(12-16)28-14-27-18/h2-9,12,14-15H,1,10-11,13H2,(H,27,28)(H2,26,29,30). The zero-order chi connectivity index (χ0) is 23.3. The summed E-state index contributed by atoms with van der Waals surface area (Å²) < 4.78 is 1.93. The van der Waals surface area contributed by atoms with Gasteiger partial charge in [-0.25, -0.2) is 19.6 Å². The van der Waals surface area contributed by atoms with Crippen molar-refractivity contribution in [3.8, 4) is 11.3 Å². The van der Waals surface area contributed by atoms with E-state index in [0.717, 1.165) is 35.1 Å². The molecule has 0 radical (unpaired) electrons. The lowest BCUT2D eigenvalue weighted by atomic mass is 10.1. The summed E-state index contributed by atoms with van der Waals surface area (Å²) in [5.41, 5.74) is 10.8. The Hall–Kier alpha value is -4.53. The molecule has 0 aliphatic heterocycles. The van der Waals surface area contributed by atoms with Gasteiger partial charge >= 0.3 is 0 Å². The van der Waals surface area contributed by atoms with E-state index in [9.17, 15) is 4.79 Å². The fraction of sp³-hybridized carbons (Fsp3) is 0.160. The minimum atomic E-state index is -0.399. The molecule has 1 aliphatic carbocycles. The largest absolute Gasteiger partial charge is 0.383 e. The van der Waals surface area contributed by atoms with Crippen LogP contribution in [0.5, 0.6) is 0 Å². The molecular formula is C25H22N8O. The third-order valence-electron chi connectivity index (χ3n) is 6.43. The van der Waals surface area contributed by atoms with Crippen LogP contribution >= 0.6 is 0 Å². The number of nitrogens with two attached hydrogens (primary N) is 1. The second-order valence-electron chi connectivity index (χ2n) is 8.54. The summed E-state index contributed by atoms with van der Waals surface area (Å²) in [4.78, 5) is 30.8. The molecule has 0 unspecified atom stereocenters. The van der Waals surface area contributed by atoms with Gasteiger partial charge in [-0.3, -0.25) is 4.79 Å². The smallest absolute Gasteiger partial charge is 0.250 e. The number of imidazole rings is 1. The quantitative estimate of drug-likeness (QED) is 0.381. The summed E-state index contributed by atoms with van der Waals surface area (Å²) in [6.45, 7) is 4.14. The van der Waals surface area contributed by atoms with Crippen molar-refractivity contribution in [1.82, 2.24) is 29.7 Å². The maximum Gasteiger partial charge on any atom is 0.250 e. The number of benzene rings is 2. The van der Waals surface area contributed by atoms with Gasteiger partial charge in [0.25, 0.3) is 0 Å². The Kier molecular flexibility index (Phi) is 4.44. The highest BCUT2D eigenvalue weighted by molar-refractivity contribution is 6.02. The molecule has 3 heterocycles. The van der Waals surface area contributed by atoms with Gasteiger partial charge in [-0.1, -0.05) is 30.8 Å². The van der Waals surface area contributed by atoms with Crippen LogP contribution in [-0.2, 0) is 10.3 Å². The second-order valence-corrected chi connectivity index (χ2v) is 8.54. The maximum atomic E-state index is 12.8. The van der Waals surface area contributed by atoms with Gasteiger partial charge in [0.2, 0.25) is 5.91 Å². The molecule has 3 aromatic heterocycles. The predicted octanol–water partition coefficient (Wildman–Crippen LogP) is 3.66. The number of rotatable bonds is 6. The van der Waals surface area contributed by atoms with Crippen molar-refractivity contribution in [1.29, 1.82) is 0 Å². The van der Waals surface area contributed by atoms with Crippen LogP contribution in [-0.4, -0.2) is 42.2 Å². The van der Waals surface area contributed by atoms with E-state index in [1.165, 1.54) is 12.4 Å². The normalized spacial score (nSPS) is 14.4. The van der Waals surface area contributed by atoms with Gasteiger partial charge in [0.15, 0.2) is 5.65 Å². The number of H-pyrrole nitrogens is 1. The van der Waals surface area contributed by atoms with Gasteiger partial charge in [0.1, 0.15) is 17.8 Å². The molecule has 9 nitrogen and oxygen atoms in total. The van der Waals surface area contributed by atoms with Crippen LogP contribution in [0, 0.1) is 0 Å². The van der Waals surface area contributed by atoms with Gasteiger partial charge in [0, 0.05) is 11.3 Å². The molecular weight excluding hydrogens is 428 g/mol. The number of aromatic amines is 1. The van der Waals surface area contributed by atoms with E-state index in [-0.39, 0.29) is 5.91 Å². The molecule has 2 aromatic carbocycles. The highest BCUT2D eigenvalue weighted by atomic mass is 16.2. The summed E-state index contributed by atoms with van der Waals surface area (Å²) >= 11 is 0. The van der Waals surface area contributed by atoms with Gasteiger partial charge in [-0.2, -0.15) is 5.10 Å². The topological polar surface area (TPSA) is 119 Å². The number of carbonyl (C=O) groups excluding carboxylic acids is 1. The molecule has 5 aromatic rings. The summed E-state index contributed by atoms with van der Waals surface area (Å²) in [6, 6.07) is 15.5. The minimum absolute atomic E-state index is 0.159. The van der Waals surface area contributed by atoms with Crippen molar-refractivity contribution in [3.63, 3.8) is 0 Å². The number of nitrogens with zero attached hydrogens (tertiary/aromatic N) is 6. The van der Waals surface area contributed by atoms with Crippen LogP contribution in [0.2, 0.25) is 0 Å². The van der Waals surface area contributed by atoms with Gasteiger partial charge < -0.3 is 15.6 Å². The van der Waals surface area contributed by atoms with Crippen LogP contribution in [0.15, 0.2) is 73.8 Å². The van der Waals surface area contributed by atoms with Crippen molar-refractivity contribution >= 4 is 39.5 Å². The molecule has 3 N–H and O–H groups in total. The Labute approximate surface area is 195 Å². The van der Waals surface area contributed by atoms with E-state index in [4.69, 9.17) is 10.8 Å². The number of nitrogens with one attached hydrogen (secondary N) is 1. The number of hydrogen-bond acceptors (Lipinski definition) is 6. The Morgan fingerprint density at radius 1 is 1.18 bits per heavy atom. The molecule has 0 atom stereocenters. The fourth-order valence-electron chi connectivity index (χ4n) is 4.48. The summed E-state index contributed by atoms with van der Waals surface area (Å²) in [6.07, 6.45) is 6.19. The van der Waals surface area contributed by atoms with Crippen LogP contribution in [0.3, 0.4) is 0 Å². The van der Waals surface area contributed by atoms with Crippen molar-refractivity contribution in [3.05, 3.63) is 73.8 Å². The van der Waals surface area contributed by atoms with E-state index in [2.05, 4.69) is 26.5 Å². The first-order valence-corrected chi connectivity index (χ1v) is 11.0. The van der Waals surface area contributed by atoms with E-state index < -0.39 is 5.54 Å². The fourth-order valence-corrected chi connectivity index (χ4v) is 4.48. The van der Waals surface area contributed by atoms with E-state index >= 15 is 0 Å². The van der Waals surface area contributed by atoms with Crippen molar-refractivity contribution in [2.24, 2.45) is 0 Å². The lowest BCUT2D eigenvalue weighted by Crippen LogP contribution is -2.39. The van der Waals surface area contributed by atoms with Crippen molar-refractivity contribution in [2.75, 3.05) is 17.2 Å². The first-order chi connectivity index (χ1) is 16.6. The lowest BCUT2D eigenvalue weighted by Gasteiger charge is -2.27. The van der Waals surface area contributed by atoms with E-state index in [1.807, 2.05) is 53.2 Å². The van der Waals surface area contributed by atoms with Gasteiger partial charge in [0.05, 0.1) is 34.8 Å². The Morgan fingerprint density at radius 2 is 2.00 bits per heavy atom. The van der Waals surface area contributed by atoms with E-state index in [1.54, 1.807) is 11.2 Å². The third-order valence-corrected chi connectivity index (χ3v) is 6.43. The molecule has 6 rings (SSSR count). The van der Waals surface area contributed by atoms with Crippen LogP contribution in [0.4, 0.5) is 11.5 Å². The summed E-state index contributed by atoms with van der Waals surface area (Å²) in [5.74, 6) is 0.210. The second kappa shape index (κ2) is 7.51. The van der Waals surface area contributed by atoms with Crippen LogP contribution in [0.1, 0.15) is 12.8 Å². The molecule has 168 valence electrons. The zero-order valence-electron chi connectivity index (χ0n) is 18.3. The average Bonchev–Trinajstić information content (AvgIpc) is 3.30. The number of fused-ring (bicyclic) bond motifs is 2. The molecule has 1 fully saturated rings. The third kappa shape index (κ3) is 3.13. The molecule has 0 saturated heterocycles. The highest BCUT2D eigenvalue weighted by Crippen LogP contribution is 2.47. The number of anilines is 2. The Bertz CT molecular complexity index is 1550. The van der Waals surface area contributed by atoms with E-state index in [0.29, 0.717) is 29.1 Å². The average molecular weight is 451 g/mol. The number of para-hydroxylation sites is 1. The predicted molar refractivity (Wildman–Crippen MR) is 131 cm³/mol. The van der Waals surface area contributed by atoms with Gasteiger partial charge in [-0.15, -0.1) is 0 Å². The number of aromatic nitrogens is 6. The number of nitrogen functional groups attached to an aromatic ring is 1. The molecule has 0 spiro atoms. The maximum absolute atomic E-state index is 12.8. The number of amides is 1. The van der Waals surface area contributed by atoms with Crippen LogP contribution < -0.4 is 10.6 Å². The van der Waals surface area contributed by atoms with Gasteiger partial charge in [-0.05, 0) is 43.2 Å². The molecule has 0 bridgehead atoms. The minimum Gasteiger partial charge on any atom is -0.383 e. The SMILES string of the molecule is C=CC(=O)N(CC1(n2nc(-c3ccc4nc[nH]c4c3)c3c(N)ncnc32)CC1)c1ccccc1. The highest BCUT2D eigenvalue weighted by Gasteiger charge is 2.49. The summed E-state index contributed by atoms with van der Waals surface area (Å²) in [5, 5.41) is 5.72. The molecule has 34 heavy (non-hydrogen) atoms. The number of hydrogen-bond donors (Lipinski definition) is 2. The Morgan fingerprint density at radius 3 is 2.76 bits per heavy atom. The lowest BCUT2D eigenvalue weighted by molar-refractivity contribution is -0.114. The van der Waals surface area contributed by atoms with Crippen LogP contribution in [0.25, 0.3) is 33.3 Å². The first kappa shape index (κ1) is 20.1.